The van der Waals surface area contributed by atoms with Crippen LogP contribution in [-0.2, 0) is 14.3 Å². The van der Waals surface area contributed by atoms with Crippen LogP contribution >= 0.6 is 11.6 Å². The fraction of sp³-hybridized carbons (Fsp3) is 0.833. The molecule has 3 nitrogen and oxygen atoms in total. The predicted molar refractivity (Wildman–Crippen MR) is 64.4 cm³/mol. The van der Waals surface area contributed by atoms with Gasteiger partial charge in [0.15, 0.2) is 0 Å². The molecule has 4 heteroatoms. The highest BCUT2D eigenvalue weighted by Gasteiger charge is 2.09. The maximum atomic E-state index is 11.3. The molecule has 0 saturated carbocycles. The molecule has 0 saturated heterocycles. The monoisotopic (exact) mass is 248 g/mol. The van der Waals surface area contributed by atoms with Gasteiger partial charge in [0.2, 0.25) is 5.24 Å². The Kier molecular flexibility index (Phi) is 9.30. The Balaban J connectivity index is 3.50. The summed E-state index contributed by atoms with van der Waals surface area (Å²) < 4.78 is 5.19. The molecule has 0 bridgehead atoms. The molecule has 0 aromatic rings. The molecule has 0 aromatic heterocycles. The number of carbonyl (C=O) groups is 2. The van der Waals surface area contributed by atoms with Crippen molar-refractivity contribution in [2.45, 2.75) is 64.9 Å². The predicted octanol–water partition coefficient (Wildman–Crippen LogP) is 3.43. The molecular weight excluding hydrogens is 228 g/mol. The molecule has 0 fully saturated rings. The van der Waals surface area contributed by atoms with Crippen LogP contribution in [0.4, 0.5) is 0 Å². The van der Waals surface area contributed by atoms with Crippen molar-refractivity contribution < 1.29 is 14.3 Å². The summed E-state index contributed by atoms with van der Waals surface area (Å²) in [5, 5.41) is -0.399. The van der Waals surface area contributed by atoms with Gasteiger partial charge in [0.1, 0.15) is 0 Å². The van der Waals surface area contributed by atoms with Gasteiger partial charge in [0, 0.05) is 12.8 Å². The zero-order valence-electron chi connectivity index (χ0n) is 10.1. The summed E-state index contributed by atoms with van der Waals surface area (Å²) >= 11 is 5.16. The lowest BCUT2D eigenvalue weighted by Crippen LogP contribution is -2.14. The number of carbonyl (C=O) groups excluding carboxylic acids is 2. The van der Waals surface area contributed by atoms with Gasteiger partial charge >= 0.3 is 5.97 Å². The molecule has 0 radical (unpaired) electrons. The fourth-order valence-corrected chi connectivity index (χ4v) is 1.53. The summed E-state index contributed by atoms with van der Waals surface area (Å²) in [4.78, 5) is 21.7. The van der Waals surface area contributed by atoms with Crippen molar-refractivity contribution in [3.05, 3.63) is 0 Å². The third kappa shape index (κ3) is 9.97. The van der Waals surface area contributed by atoms with Crippen molar-refractivity contribution in [2.24, 2.45) is 0 Å². The Hall–Kier alpha value is -0.570. The van der Waals surface area contributed by atoms with E-state index >= 15 is 0 Å². The Morgan fingerprint density at radius 2 is 1.88 bits per heavy atom. The second kappa shape index (κ2) is 9.64. The standard InChI is InChI=1S/C12H21ClO3/c1-3-4-5-7-10(2)16-12(15)9-6-8-11(13)14/h10H,3-9H2,1-2H3. The Bertz CT molecular complexity index is 216. The Labute approximate surface area is 102 Å². The molecule has 1 unspecified atom stereocenters. The van der Waals surface area contributed by atoms with E-state index in [2.05, 4.69) is 6.92 Å². The average Bonchev–Trinajstić information content (AvgIpc) is 2.17. The molecular formula is C12H21ClO3. The highest BCUT2D eigenvalue weighted by atomic mass is 35.5. The molecule has 0 aliphatic rings. The second-order valence-corrected chi connectivity index (χ2v) is 4.43. The summed E-state index contributed by atoms with van der Waals surface area (Å²) in [6.07, 6.45) is 5.30. The van der Waals surface area contributed by atoms with E-state index < -0.39 is 5.24 Å². The van der Waals surface area contributed by atoms with Gasteiger partial charge in [0.05, 0.1) is 6.10 Å². The SMILES string of the molecule is CCCCCC(C)OC(=O)CCCC(=O)Cl. The summed E-state index contributed by atoms with van der Waals surface area (Å²) in [7, 11) is 0. The van der Waals surface area contributed by atoms with Crippen LogP contribution in [0.3, 0.4) is 0 Å². The molecule has 0 aromatic carbocycles. The number of halogens is 1. The molecule has 0 amide bonds. The van der Waals surface area contributed by atoms with Crippen LogP contribution in [0.2, 0.25) is 0 Å². The van der Waals surface area contributed by atoms with Crippen LogP contribution < -0.4 is 0 Å². The number of unbranched alkanes of at least 4 members (excludes halogenated alkanes) is 2. The lowest BCUT2D eigenvalue weighted by atomic mass is 10.1. The van der Waals surface area contributed by atoms with Crippen molar-refractivity contribution in [1.82, 2.24) is 0 Å². The number of esters is 1. The largest absolute Gasteiger partial charge is 0.463 e. The van der Waals surface area contributed by atoms with Gasteiger partial charge < -0.3 is 4.74 Å². The molecule has 0 spiro atoms. The van der Waals surface area contributed by atoms with Crippen LogP contribution in [0.5, 0.6) is 0 Å². The van der Waals surface area contributed by atoms with E-state index in [0.717, 1.165) is 12.8 Å². The Morgan fingerprint density at radius 3 is 2.44 bits per heavy atom. The van der Waals surface area contributed by atoms with Gasteiger partial charge in [-0.25, -0.2) is 0 Å². The topological polar surface area (TPSA) is 43.4 Å². The van der Waals surface area contributed by atoms with Crippen molar-refractivity contribution in [3.8, 4) is 0 Å². The molecule has 1 atom stereocenters. The first-order valence-electron chi connectivity index (χ1n) is 5.94. The lowest BCUT2D eigenvalue weighted by Gasteiger charge is -2.12. The van der Waals surface area contributed by atoms with E-state index in [1.54, 1.807) is 0 Å². The van der Waals surface area contributed by atoms with Gasteiger partial charge in [-0.15, -0.1) is 0 Å². The molecule has 0 rings (SSSR count). The average molecular weight is 249 g/mol. The third-order valence-electron chi connectivity index (χ3n) is 2.30. The number of rotatable bonds is 9. The van der Waals surface area contributed by atoms with E-state index in [-0.39, 0.29) is 24.9 Å². The van der Waals surface area contributed by atoms with Crippen molar-refractivity contribution in [2.75, 3.05) is 0 Å². The molecule has 94 valence electrons. The quantitative estimate of drug-likeness (QED) is 0.357. The Morgan fingerprint density at radius 1 is 1.19 bits per heavy atom. The van der Waals surface area contributed by atoms with E-state index in [1.165, 1.54) is 12.8 Å². The highest BCUT2D eigenvalue weighted by molar-refractivity contribution is 6.63. The van der Waals surface area contributed by atoms with Gasteiger partial charge in [-0.3, -0.25) is 9.59 Å². The summed E-state index contributed by atoms with van der Waals surface area (Å²) in [6.45, 7) is 4.04. The van der Waals surface area contributed by atoms with Gasteiger partial charge in [0.25, 0.3) is 0 Å². The number of hydrogen-bond acceptors (Lipinski definition) is 3. The van der Waals surface area contributed by atoms with Crippen molar-refractivity contribution in [3.63, 3.8) is 0 Å². The van der Waals surface area contributed by atoms with E-state index in [1.807, 2.05) is 6.92 Å². The molecule has 0 heterocycles. The minimum Gasteiger partial charge on any atom is -0.463 e. The zero-order valence-corrected chi connectivity index (χ0v) is 10.9. The second-order valence-electron chi connectivity index (χ2n) is 4.00. The van der Waals surface area contributed by atoms with E-state index in [9.17, 15) is 9.59 Å². The number of hydrogen-bond donors (Lipinski definition) is 0. The first-order chi connectivity index (χ1) is 7.56. The molecule has 0 aliphatic carbocycles. The summed E-state index contributed by atoms with van der Waals surface area (Å²) in [6, 6.07) is 0. The van der Waals surface area contributed by atoms with Gasteiger partial charge in [-0.1, -0.05) is 19.8 Å². The zero-order chi connectivity index (χ0) is 12.4. The normalized spacial score (nSPS) is 12.2. The van der Waals surface area contributed by atoms with Crippen molar-refractivity contribution in [1.29, 1.82) is 0 Å². The first kappa shape index (κ1) is 15.4. The third-order valence-corrected chi connectivity index (χ3v) is 2.49. The van der Waals surface area contributed by atoms with E-state index in [4.69, 9.17) is 16.3 Å². The van der Waals surface area contributed by atoms with Crippen LogP contribution in [0.15, 0.2) is 0 Å². The van der Waals surface area contributed by atoms with Gasteiger partial charge in [-0.05, 0) is 37.8 Å². The van der Waals surface area contributed by atoms with E-state index in [0.29, 0.717) is 6.42 Å². The lowest BCUT2D eigenvalue weighted by molar-refractivity contribution is -0.148. The molecule has 0 N–H and O–H groups in total. The summed E-state index contributed by atoms with van der Waals surface area (Å²) in [5.41, 5.74) is 0. The maximum Gasteiger partial charge on any atom is 0.306 e. The number of ether oxygens (including phenoxy) is 1. The van der Waals surface area contributed by atoms with Crippen LogP contribution in [0.25, 0.3) is 0 Å². The minimum absolute atomic E-state index is 0.0225. The highest BCUT2D eigenvalue weighted by Crippen LogP contribution is 2.08. The van der Waals surface area contributed by atoms with Crippen LogP contribution in [-0.4, -0.2) is 17.3 Å². The van der Waals surface area contributed by atoms with Gasteiger partial charge in [-0.2, -0.15) is 0 Å². The first-order valence-corrected chi connectivity index (χ1v) is 6.31. The maximum absolute atomic E-state index is 11.3. The van der Waals surface area contributed by atoms with Crippen LogP contribution in [0.1, 0.15) is 58.8 Å². The fourth-order valence-electron chi connectivity index (χ4n) is 1.40. The smallest absolute Gasteiger partial charge is 0.306 e. The van der Waals surface area contributed by atoms with Crippen molar-refractivity contribution >= 4 is 22.8 Å². The minimum atomic E-state index is -0.399. The van der Waals surface area contributed by atoms with Crippen LogP contribution in [0, 0.1) is 0 Å². The summed E-state index contributed by atoms with van der Waals surface area (Å²) in [5.74, 6) is -0.234. The molecule has 16 heavy (non-hydrogen) atoms. The molecule has 0 aliphatic heterocycles.